The molecule has 2 rings (SSSR count). The fourth-order valence-electron chi connectivity index (χ4n) is 2.22. The van der Waals surface area contributed by atoms with Crippen LogP contribution in [0.25, 0.3) is 30.8 Å². The first-order valence-electron chi connectivity index (χ1n) is 9.49. The van der Waals surface area contributed by atoms with Crippen LogP contribution in [-0.4, -0.2) is 11.6 Å². The lowest BCUT2D eigenvalue weighted by molar-refractivity contribution is -0.115. The zero-order valence-electron chi connectivity index (χ0n) is 19.4. The van der Waals surface area contributed by atoms with Crippen molar-refractivity contribution in [3.8, 4) is 36.4 Å². The van der Waals surface area contributed by atoms with Crippen molar-refractivity contribution in [1.29, 1.82) is 31.6 Å². The van der Waals surface area contributed by atoms with Crippen molar-refractivity contribution in [2.45, 2.75) is 0 Å². The van der Waals surface area contributed by atoms with Crippen LogP contribution in [0.3, 0.4) is 0 Å². The molecule has 0 N–H and O–H groups in total. The molecular formula is C26H4Cl2N10O2. The summed E-state index contributed by atoms with van der Waals surface area (Å²) in [5.74, 6) is -2.28. The maximum atomic E-state index is 11.2. The minimum Gasteiger partial charge on any atom is -0.287 e. The number of halogens is 2. The number of rotatable bonds is 0. The molecule has 0 spiro atoms. The van der Waals surface area contributed by atoms with Crippen LogP contribution in [0.5, 0.6) is 0 Å². The highest BCUT2D eigenvalue weighted by Gasteiger charge is 2.33. The maximum Gasteiger partial charge on any atom is 0.548 e. The van der Waals surface area contributed by atoms with Gasteiger partial charge in [-0.2, -0.15) is 51.0 Å². The lowest BCUT2D eigenvalue weighted by atomic mass is 9.96. The SMILES string of the molecule is N#CC1=C(C#N)C(=O)C(Cl)=C(Cl)C1=O.[C-]#[N+]C([N+]#[C-])=C(C#N)C#N.[C-]#[N+]C([N+]#[C-])=c1ccc(=C(C#N)C#N)cc1. The summed E-state index contributed by atoms with van der Waals surface area (Å²) in [7, 11) is 0. The van der Waals surface area contributed by atoms with Crippen molar-refractivity contribution in [3.05, 3.63) is 113 Å². The Kier molecular flexibility index (Phi) is 13.7. The van der Waals surface area contributed by atoms with E-state index in [0.29, 0.717) is 10.4 Å². The normalized spacial score (nSPS) is 10.4. The lowest BCUT2D eigenvalue weighted by Gasteiger charge is -2.08. The van der Waals surface area contributed by atoms with E-state index in [9.17, 15) is 9.59 Å². The number of nitrogens with zero attached hydrogens (tertiary/aromatic N) is 10. The van der Waals surface area contributed by atoms with Gasteiger partial charge in [-0.25, -0.2) is 0 Å². The number of nitriles is 6. The fourth-order valence-corrected chi connectivity index (χ4v) is 2.58. The van der Waals surface area contributed by atoms with Gasteiger partial charge in [0.1, 0.15) is 89.5 Å². The van der Waals surface area contributed by atoms with E-state index in [1.807, 2.05) is 0 Å². The smallest absolute Gasteiger partial charge is 0.287 e. The number of benzene rings is 1. The van der Waals surface area contributed by atoms with Gasteiger partial charge in [-0.3, -0.25) is 9.59 Å². The average Bonchev–Trinajstić information content (AvgIpc) is 2.99. The Morgan fingerprint density at radius 2 is 1.00 bits per heavy atom. The third-order valence-electron chi connectivity index (χ3n) is 4.05. The third-order valence-corrected chi connectivity index (χ3v) is 4.86. The highest BCUT2D eigenvalue weighted by Crippen LogP contribution is 2.28. The van der Waals surface area contributed by atoms with Crippen molar-refractivity contribution in [3.63, 3.8) is 0 Å². The molecule has 0 heterocycles. The molecule has 14 heteroatoms. The summed E-state index contributed by atoms with van der Waals surface area (Å²) in [6.45, 7) is 26.2. The van der Waals surface area contributed by atoms with Crippen molar-refractivity contribution in [2.24, 2.45) is 0 Å². The standard InChI is InChI=1S/C12H4N4.C8Cl2N2O2.C6N4/c1-15-12(16-2)10-5-3-9(4-6-10)11(7-13)8-14;9-5-6(10)8(14)4(2-12)3(1-11)7(5)13;1-9-6(10-2)5(3-7)4-8/h3-6H;;. The lowest BCUT2D eigenvalue weighted by Crippen LogP contribution is -2.18. The molecule has 0 amide bonds. The molecule has 0 fully saturated rings. The Hall–Kier alpha value is -7.00. The Balaban J connectivity index is 0.000000587. The van der Waals surface area contributed by atoms with E-state index in [1.165, 1.54) is 24.3 Å². The van der Waals surface area contributed by atoms with Crippen LogP contribution in [0, 0.1) is 94.3 Å². The second-order valence-electron chi connectivity index (χ2n) is 6.13. The largest absolute Gasteiger partial charge is 0.548 e. The summed E-state index contributed by atoms with van der Waals surface area (Å²) in [6.07, 6.45) is 0. The molecule has 1 aromatic rings. The third kappa shape index (κ3) is 8.01. The van der Waals surface area contributed by atoms with E-state index < -0.39 is 44.2 Å². The Morgan fingerprint density at radius 3 is 1.25 bits per heavy atom. The Morgan fingerprint density at radius 1 is 0.625 bits per heavy atom. The molecule has 0 aliphatic heterocycles. The van der Waals surface area contributed by atoms with Crippen molar-refractivity contribution >= 4 is 46.2 Å². The summed E-state index contributed by atoms with van der Waals surface area (Å²) in [5.41, 5.74) is -1.54. The monoisotopic (exact) mass is 558 g/mol. The maximum absolute atomic E-state index is 11.2. The van der Waals surface area contributed by atoms with Gasteiger partial charge in [-0.05, 0) is 0 Å². The Labute approximate surface area is 236 Å². The second-order valence-corrected chi connectivity index (χ2v) is 6.88. The zero-order valence-corrected chi connectivity index (χ0v) is 20.9. The van der Waals surface area contributed by atoms with Gasteiger partial charge in [-0.1, -0.05) is 47.5 Å². The molecule has 0 atom stereocenters. The van der Waals surface area contributed by atoms with Gasteiger partial charge >= 0.3 is 11.6 Å². The first-order chi connectivity index (χ1) is 19.1. The van der Waals surface area contributed by atoms with Crippen LogP contribution in [0.1, 0.15) is 0 Å². The summed E-state index contributed by atoms with van der Waals surface area (Å²) in [6, 6.07) is 15.5. The van der Waals surface area contributed by atoms with Gasteiger partial charge in [0.15, 0.2) is 0 Å². The van der Waals surface area contributed by atoms with Crippen LogP contribution >= 0.6 is 23.2 Å². The second kappa shape index (κ2) is 16.6. The topological polar surface area (TPSA) is 194 Å². The molecule has 1 aliphatic carbocycles. The van der Waals surface area contributed by atoms with Gasteiger partial charge in [-0.15, -0.1) is 0 Å². The molecule has 0 saturated heterocycles. The number of carbonyl (C=O) groups is 2. The van der Waals surface area contributed by atoms with Gasteiger partial charge in [0.05, 0.1) is 5.22 Å². The molecule has 0 bridgehead atoms. The number of ketones is 2. The molecule has 0 aromatic heterocycles. The summed E-state index contributed by atoms with van der Waals surface area (Å²) < 4.78 is 0. The van der Waals surface area contributed by atoms with Crippen LogP contribution in [0.2, 0.25) is 0 Å². The quantitative estimate of drug-likeness (QED) is 0.263. The van der Waals surface area contributed by atoms with Gasteiger partial charge < -0.3 is 0 Å². The van der Waals surface area contributed by atoms with Crippen LogP contribution < -0.4 is 10.4 Å². The van der Waals surface area contributed by atoms with E-state index >= 15 is 0 Å². The van der Waals surface area contributed by atoms with Crippen molar-refractivity contribution < 1.29 is 9.59 Å². The number of carbonyl (C=O) groups excluding carboxylic acids is 2. The minimum atomic E-state index is -0.893. The molecule has 40 heavy (non-hydrogen) atoms. The Bertz CT molecular complexity index is 1740. The van der Waals surface area contributed by atoms with E-state index in [2.05, 4.69) is 19.4 Å². The van der Waals surface area contributed by atoms with E-state index in [4.69, 9.17) is 81.1 Å². The molecule has 12 nitrogen and oxygen atoms in total. The van der Waals surface area contributed by atoms with Gasteiger partial charge in [0, 0.05) is 5.22 Å². The van der Waals surface area contributed by atoms with Crippen molar-refractivity contribution in [2.75, 3.05) is 0 Å². The van der Waals surface area contributed by atoms with Crippen LogP contribution in [0.4, 0.5) is 0 Å². The van der Waals surface area contributed by atoms with E-state index in [0.717, 1.165) is 0 Å². The molecular weight excluding hydrogens is 555 g/mol. The summed E-state index contributed by atoms with van der Waals surface area (Å²) >= 11 is 10.8. The highest BCUT2D eigenvalue weighted by molar-refractivity contribution is 6.59. The molecule has 0 saturated carbocycles. The highest BCUT2D eigenvalue weighted by atomic mass is 35.5. The minimum absolute atomic E-state index is 0.0127. The first-order valence-corrected chi connectivity index (χ1v) is 10.2. The number of hydrogen-bond acceptors (Lipinski definition) is 8. The fraction of sp³-hybridized carbons (Fsp3) is 0. The first kappa shape index (κ1) is 33.0. The summed E-state index contributed by atoms with van der Waals surface area (Å²) in [4.78, 5) is 33.9. The molecule has 1 aromatic carbocycles. The number of hydrogen-bond donors (Lipinski definition) is 0. The van der Waals surface area contributed by atoms with E-state index in [-0.39, 0.29) is 11.4 Å². The molecule has 184 valence electrons. The van der Waals surface area contributed by atoms with Gasteiger partial charge in [0.2, 0.25) is 17.1 Å². The van der Waals surface area contributed by atoms with Crippen LogP contribution in [0.15, 0.2) is 56.9 Å². The van der Waals surface area contributed by atoms with Gasteiger partial charge in [0.25, 0.3) is 0 Å². The van der Waals surface area contributed by atoms with Crippen molar-refractivity contribution in [1.82, 2.24) is 0 Å². The zero-order chi connectivity index (χ0) is 30.8. The molecule has 1 aliphatic rings. The number of Topliss-reactive ketones (excluding diaryl/α,β-unsaturated/α-hetero) is 2. The van der Waals surface area contributed by atoms with Crippen LogP contribution in [-0.2, 0) is 9.59 Å². The van der Waals surface area contributed by atoms with E-state index in [1.54, 1.807) is 36.4 Å². The number of allylic oxidation sites excluding steroid dienone is 5. The average molecular weight is 559 g/mol. The molecule has 0 radical (unpaired) electrons. The predicted molar refractivity (Wildman–Crippen MR) is 135 cm³/mol. The molecule has 0 unspecified atom stereocenters. The summed E-state index contributed by atoms with van der Waals surface area (Å²) in [5, 5.41) is 50.6. The predicted octanol–water partition coefficient (Wildman–Crippen LogP) is 3.04.